The van der Waals surface area contributed by atoms with Crippen molar-refractivity contribution in [1.29, 1.82) is 0 Å². The van der Waals surface area contributed by atoms with Crippen LogP contribution in [0.5, 0.6) is 11.5 Å². The zero-order valence-electron chi connectivity index (χ0n) is 16.9. The molecule has 8 heteroatoms. The van der Waals surface area contributed by atoms with Crippen molar-refractivity contribution in [3.63, 3.8) is 0 Å². The van der Waals surface area contributed by atoms with Gasteiger partial charge in [0.15, 0.2) is 17.3 Å². The van der Waals surface area contributed by atoms with Gasteiger partial charge >= 0.3 is 0 Å². The zero-order chi connectivity index (χ0) is 22.0. The Morgan fingerprint density at radius 1 is 1.23 bits per heavy atom. The van der Waals surface area contributed by atoms with Gasteiger partial charge in [0, 0.05) is 22.8 Å². The molecule has 0 amide bonds. The third-order valence-electron chi connectivity index (χ3n) is 5.00. The number of Topliss-reactive ketones (excluding diaryl/α,β-unsaturated/α-hetero) is 1. The molecule has 0 spiro atoms. The monoisotopic (exact) mass is 441 g/mol. The van der Waals surface area contributed by atoms with Gasteiger partial charge in [-0.1, -0.05) is 12.1 Å². The summed E-state index contributed by atoms with van der Waals surface area (Å²) in [6, 6.07) is 9.77. The predicted molar refractivity (Wildman–Crippen MR) is 115 cm³/mol. The van der Waals surface area contributed by atoms with E-state index < -0.39 is 6.10 Å². The number of halogens is 1. The van der Waals surface area contributed by atoms with E-state index in [9.17, 15) is 14.3 Å². The van der Waals surface area contributed by atoms with Crippen molar-refractivity contribution in [2.45, 2.75) is 18.9 Å². The highest BCUT2D eigenvalue weighted by Gasteiger charge is 2.19. The van der Waals surface area contributed by atoms with E-state index in [4.69, 9.17) is 13.9 Å². The molecular formula is C23H20FNO5S. The van der Waals surface area contributed by atoms with E-state index in [1.807, 2.05) is 0 Å². The fourth-order valence-electron chi connectivity index (χ4n) is 3.32. The van der Waals surface area contributed by atoms with Crippen LogP contribution in [0, 0.1) is 5.82 Å². The van der Waals surface area contributed by atoms with Crippen molar-refractivity contribution in [1.82, 2.24) is 4.98 Å². The first-order valence-electron chi connectivity index (χ1n) is 9.56. The van der Waals surface area contributed by atoms with Crippen molar-refractivity contribution in [2.75, 3.05) is 14.2 Å². The second-order valence-electron chi connectivity index (χ2n) is 6.89. The molecule has 1 N–H and O–H groups in total. The number of oxazole rings is 1. The lowest BCUT2D eigenvalue weighted by Crippen LogP contribution is -2.05. The minimum Gasteiger partial charge on any atom is -0.493 e. The quantitative estimate of drug-likeness (QED) is 0.368. The summed E-state index contributed by atoms with van der Waals surface area (Å²) in [4.78, 5) is 16.9. The lowest BCUT2D eigenvalue weighted by Gasteiger charge is -2.10. The first kappa shape index (κ1) is 21.0. The summed E-state index contributed by atoms with van der Waals surface area (Å²) in [5.74, 6) is 0.874. The van der Waals surface area contributed by atoms with E-state index in [1.165, 1.54) is 37.9 Å². The smallest absolute Gasteiger partial charge is 0.227 e. The summed E-state index contributed by atoms with van der Waals surface area (Å²) in [6.07, 6.45) is 0.691. The molecule has 0 aliphatic rings. The maximum Gasteiger partial charge on any atom is 0.227 e. The Morgan fingerprint density at radius 3 is 2.81 bits per heavy atom. The molecule has 0 saturated carbocycles. The molecule has 6 nitrogen and oxygen atoms in total. The van der Waals surface area contributed by atoms with Gasteiger partial charge in [-0.3, -0.25) is 4.79 Å². The Labute approximate surface area is 181 Å². The normalized spacial score (nSPS) is 12.1. The van der Waals surface area contributed by atoms with E-state index in [0.29, 0.717) is 44.3 Å². The Balaban J connectivity index is 1.45. The average molecular weight is 441 g/mol. The van der Waals surface area contributed by atoms with Crippen LogP contribution in [-0.2, 0) is 0 Å². The number of nitrogens with zero attached hydrogens (tertiary/aromatic N) is 1. The molecule has 4 aromatic rings. The molecule has 160 valence electrons. The second kappa shape index (κ2) is 8.87. The highest BCUT2D eigenvalue weighted by atomic mass is 32.1. The topological polar surface area (TPSA) is 81.8 Å². The molecule has 1 atom stereocenters. The number of benzene rings is 2. The van der Waals surface area contributed by atoms with Crippen LogP contribution in [0.2, 0.25) is 0 Å². The van der Waals surface area contributed by atoms with Gasteiger partial charge in [0.1, 0.15) is 17.8 Å². The number of fused-ring (bicyclic) bond motifs is 1. The SMILES string of the molecule is COc1ccc(C(=O)CCC(O)c2coc(-c3csc4c(F)cccc34)n2)cc1OC. The first-order valence-corrected chi connectivity index (χ1v) is 10.4. The van der Waals surface area contributed by atoms with Crippen LogP contribution in [0.25, 0.3) is 21.5 Å². The van der Waals surface area contributed by atoms with Crippen LogP contribution in [0.4, 0.5) is 4.39 Å². The first-order chi connectivity index (χ1) is 15.0. The molecule has 1 unspecified atom stereocenters. The standard InChI is InChI=1S/C23H20FNO5S/c1-28-20-9-6-13(10-21(20)29-2)18(26)7-8-19(27)17-11-30-23(25-17)15-12-31-22-14(15)4-3-5-16(22)24/h3-6,9-12,19,27H,7-8H2,1-2H3. The third kappa shape index (κ3) is 4.17. The number of aromatic nitrogens is 1. The van der Waals surface area contributed by atoms with E-state index >= 15 is 0 Å². The summed E-state index contributed by atoms with van der Waals surface area (Å²) in [5, 5.41) is 13.0. The molecule has 0 aliphatic heterocycles. The number of carbonyl (C=O) groups is 1. The number of methoxy groups -OCH3 is 2. The van der Waals surface area contributed by atoms with Crippen LogP contribution in [0.3, 0.4) is 0 Å². The van der Waals surface area contributed by atoms with Gasteiger partial charge in [-0.2, -0.15) is 0 Å². The second-order valence-corrected chi connectivity index (χ2v) is 7.77. The molecule has 0 bridgehead atoms. The Hall–Kier alpha value is -3.23. The van der Waals surface area contributed by atoms with Crippen LogP contribution in [0.1, 0.15) is 35.0 Å². The van der Waals surface area contributed by atoms with Crippen molar-refractivity contribution in [3.8, 4) is 23.0 Å². The Morgan fingerprint density at radius 2 is 2.03 bits per heavy atom. The van der Waals surface area contributed by atoms with Gasteiger partial charge in [-0.05, 0) is 30.7 Å². The number of aliphatic hydroxyl groups excluding tert-OH is 1. The van der Waals surface area contributed by atoms with Crippen molar-refractivity contribution < 1.29 is 28.2 Å². The van der Waals surface area contributed by atoms with Crippen LogP contribution >= 0.6 is 11.3 Å². The summed E-state index contributed by atoms with van der Waals surface area (Å²) in [5.41, 5.74) is 1.46. The van der Waals surface area contributed by atoms with Crippen molar-refractivity contribution >= 4 is 27.2 Å². The highest BCUT2D eigenvalue weighted by Crippen LogP contribution is 2.35. The summed E-state index contributed by atoms with van der Waals surface area (Å²) in [6.45, 7) is 0. The number of rotatable bonds is 8. The number of ketones is 1. The van der Waals surface area contributed by atoms with Gasteiger partial charge < -0.3 is 19.0 Å². The average Bonchev–Trinajstić information content (AvgIpc) is 3.44. The van der Waals surface area contributed by atoms with Gasteiger partial charge in [0.25, 0.3) is 0 Å². The third-order valence-corrected chi connectivity index (χ3v) is 6.00. The van der Waals surface area contributed by atoms with Crippen LogP contribution in [0.15, 0.2) is 52.5 Å². The van der Waals surface area contributed by atoms with Gasteiger partial charge in [0.2, 0.25) is 5.89 Å². The number of thiophene rings is 1. The number of hydrogen-bond acceptors (Lipinski definition) is 7. The molecule has 2 aromatic heterocycles. The van der Waals surface area contributed by atoms with Crippen LogP contribution in [-0.4, -0.2) is 30.1 Å². The van der Waals surface area contributed by atoms with Crippen molar-refractivity contribution in [2.24, 2.45) is 0 Å². The van der Waals surface area contributed by atoms with E-state index in [1.54, 1.807) is 35.7 Å². The lowest BCUT2D eigenvalue weighted by molar-refractivity contribution is 0.0937. The molecule has 0 fully saturated rings. The fraction of sp³-hybridized carbons (Fsp3) is 0.217. The fourth-order valence-corrected chi connectivity index (χ4v) is 4.27. The molecule has 4 rings (SSSR count). The minimum atomic E-state index is -0.969. The van der Waals surface area contributed by atoms with Gasteiger partial charge in [-0.15, -0.1) is 11.3 Å². The summed E-state index contributed by atoms with van der Waals surface area (Å²) in [7, 11) is 3.03. The molecule has 0 saturated heterocycles. The van der Waals surface area contributed by atoms with E-state index in [2.05, 4.69) is 4.98 Å². The zero-order valence-corrected chi connectivity index (χ0v) is 17.7. The Kier molecular flexibility index (Phi) is 6.01. The minimum absolute atomic E-state index is 0.117. The highest BCUT2D eigenvalue weighted by molar-refractivity contribution is 7.17. The Bertz CT molecular complexity index is 1230. The van der Waals surface area contributed by atoms with Crippen molar-refractivity contribution in [3.05, 3.63) is 65.1 Å². The maximum absolute atomic E-state index is 13.9. The molecule has 31 heavy (non-hydrogen) atoms. The van der Waals surface area contributed by atoms with Gasteiger partial charge in [0.05, 0.1) is 30.6 Å². The maximum atomic E-state index is 13.9. The molecule has 2 aromatic carbocycles. The predicted octanol–water partition coefficient (Wildman–Crippen LogP) is 5.41. The molecular weight excluding hydrogens is 421 g/mol. The number of ether oxygens (including phenoxy) is 2. The lowest BCUT2D eigenvalue weighted by atomic mass is 10.0. The summed E-state index contributed by atoms with van der Waals surface area (Å²) >= 11 is 1.27. The molecule has 2 heterocycles. The van der Waals surface area contributed by atoms with Gasteiger partial charge in [-0.25, -0.2) is 9.37 Å². The van der Waals surface area contributed by atoms with E-state index in [-0.39, 0.29) is 24.4 Å². The summed E-state index contributed by atoms with van der Waals surface area (Å²) < 4.78 is 30.4. The number of hydrogen-bond donors (Lipinski definition) is 1. The van der Waals surface area contributed by atoms with E-state index in [0.717, 1.165) is 0 Å². The molecule has 0 aliphatic carbocycles. The van der Waals surface area contributed by atoms with Crippen LogP contribution < -0.4 is 9.47 Å². The molecule has 0 radical (unpaired) electrons. The largest absolute Gasteiger partial charge is 0.493 e. The number of aliphatic hydroxyl groups is 1. The number of carbonyl (C=O) groups excluding carboxylic acids is 1.